The third-order valence-corrected chi connectivity index (χ3v) is 2.20. The Balaban J connectivity index is 2.51. The van der Waals surface area contributed by atoms with Crippen molar-refractivity contribution in [3.8, 4) is 0 Å². The van der Waals surface area contributed by atoms with Crippen LogP contribution in [0, 0.1) is 5.92 Å². The summed E-state index contributed by atoms with van der Waals surface area (Å²) in [4.78, 5) is 13.2. The Kier molecular flexibility index (Phi) is 3.69. The lowest BCUT2D eigenvalue weighted by Gasteiger charge is -2.34. The van der Waals surface area contributed by atoms with Gasteiger partial charge in [-0.3, -0.25) is 9.69 Å². The van der Waals surface area contributed by atoms with Crippen LogP contribution < -0.4 is 11.1 Å². The molecule has 1 aliphatic heterocycles. The van der Waals surface area contributed by atoms with Gasteiger partial charge in [-0.1, -0.05) is 13.8 Å². The molecule has 3 N–H and O–H groups in total. The number of primary amides is 1. The van der Waals surface area contributed by atoms with Crippen molar-refractivity contribution in [3.63, 3.8) is 0 Å². The van der Waals surface area contributed by atoms with Crippen LogP contribution in [0.2, 0.25) is 0 Å². The summed E-state index contributed by atoms with van der Waals surface area (Å²) in [6.45, 7) is 7.54. The second kappa shape index (κ2) is 4.58. The van der Waals surface area contributed by atoms with Crippen LogP contribution in [0.1, 0.15) is 13.8 Å². The molecule has 1 fully saturated rings. The third kappa shape index (κ3) is 2.97. The number of hydrogen-bond acceptors (Lipinski definition) is 3. The number of amides is 1. The van der Waals surface area contributed by atoms with Crippen molar-refractivity contribution in [1.29, 1.82) is 0 Å². The van der Waals surface area contributed by atoms with E-state index in [1.54, 1.807) is 0 Å². The second-order valence-electron chi connectivity index (χ2n) is 3.80. The van der Waals surface area contributed by atoms with Crippen LogP contribution in [-0.4, -0.2) is 43.0 Å². The fraction of sp³-hybridized carbons (Fsp3) is 0.778. The molecule has 1 unspecified atom stereocenters. The number of rotatable bonds is 3. The van der Waals surface area contributed by atoms with Gasteiger partial charge in [-0.2, -0.15) is 0 Å². The summed E-state index contributed by atoms with van der Waals surface area (Å²) >= 11 is 0. The maximum absolute atomic E-state index is 11.1. The molecule has 0 aromatic heterocycles. The molecular weight excluding hydrogens is 166 g/mol. The first-order valence-electron chi connectivity index (χ1n) is 4.64. The largest absolute Gasteiger partial charge is 0.368 e. The molecular formula is C9H18N3O. The van der Waals surface area contributed by atoms with Crippen molar-refractivity contribution in [1.82, 2.24) is 10.2 Å². The summed E-state index contributed by atoms with van der Waals surface area (Å²) in [5.41, 5.74) is 5.30. The molecule has 0 aromatic rings. The zero-order valence-electron chi connectivity index (χ0n) is 8.34. The van der Waals surface area contributed by atoms with Gasteiger partial charge >= 0.3 is 0 Å². The average molecular weight is 184 g/mol. The number of nitrogens with zero attached hydrogens (tertiary/aromatic N) is 1. The van der Waals surface area contributed by atoms with E-state index >= 15 is 0 Å². The van der Waals surface area contributed by atoms with E-state index in [-0.39, 0.29) is 11.9 Å². The molecule has 75 valence electrons. The monoisotopic (exact) mass is 184 g/mol. The Morgan fingerprint density at radius 1 is 1.62 bits per heavy atom. The molecule has 4 heteroatoms. The van der Waals surface area contributed by atoms with Gasteiger partial charge in [0.15, 0.2) is 0 Å². The normalized spacial score (nSPS) is 25.0. The average Bonchev–Trinajstić information content (AvgIpc) is 2.03. The van der Waals surface area contributed by atoms with Crippen LogP contribution in [0.5, 0.6) is 0 Å². The van der Waals surface area contributed by atoms with Crippen molar-refractivity contribution >= 4 is 5.91 Å². The Morgan fingerprint density at radius 3 is 2.85 bits per heavy atom. The topological polar surface area (TPSA) is 58.4 Å². The first-order valence-corrected chi connectivity index (χ1v) is 4.64. The predicted octanol–water partition coefficient (Wildman–Crippen LogP) is -0.640. The molecule has 0 aromatic carbocycles. The van der Waals surface area contributed by atoms with E-state index in [1.165, 1.54) is 5.92 Å². The van der Waals surface area contributed by atoms with Crippen molar-refractivity contribution < 1.29 is 4.79 Å². The summed E-state index contributed by atoms with van der Waals surface area (Å²) in [6, 6.07) is -0.136. The minimum absolute atomic E-state index is 0.136. The number of piperazine rings is 1. The number of hydrogen-bond donors (Lipinski definition) is 2. The lowest BCUT2D eigenvalue weighted by atomic mass is 10.1. The zero-order chi connectivity index (χ0) is 9.84. The summed E-state index contributed by atoms with van der Waals surface area (Å²) in [5.74, 6) is 1.08. The molecule has 1 amide bonds. The highest BCUT2D eigenvalue weighted by molar-refractivity contribution is 5.80. The lowest BCUT2D eigenvalue weighted by Crippen LogP contribution is -2.57. The SMILES string of the molecule is C[C](C)CN1CCNCC1C(N)=O. The molecule has 13 heavy (non-hydrogen) atoms. The molecule has 1 aliphatic rings. The number of carbonyl (C=O) groups excluding carboxylic acids is 1. The molecule has 1 rings (SSSR count). The first kappa shape index (κ1) is 10.5. The third-order valence-electron chi connectivity index (χ3n) is 2.20. The molecule has 0 spiro atoms. The predicted molar refractivity (Wildman–Crippen MR) is 52.0 cm³/mol. The maximum Gasteiger partial charge on any atom is 0.236 e. The second-order valence-corrected chi connectivity index (χ2v) is 3.80. The summed E-state index contributed by atoms with van der Waals surface area (Å²) < 4.78 is 0. The van der Waals surface area contributed by atoms with Crippen molar-refractivity contribution in [3.05, 3.63) is 5.92 Å². The Labute approximate surface area is 79.5 Å². The lowest BCUT2D eigenvalue weighted by molar-refractivity contribution is -0.123. The molecule has 4 nitrogen and oxygen atoms in total. The highest BCUT2D eigenvalue weighted by Crippen LogP contribution is 2.07. The van der Waals surface area contributed by atoms with Crippen molar-refractivity contribution in [2.45, 2.75) is 19.9 Å². The van der Waals surface area contributed by atoms with Gasteiger partial charge in [-0.25, -0.2) is 0 Å². The maximum atomic E-state index is 11.1. The van der Waals surface area contributed by atoms with Gasteiger partial charge in [0.25, 0.3) is 0 Å². The van der Waals surface area contributed by atoms with Gasteiger partial charge in [-0.05, 0) is 5.92 Å². The summed E-state index contributed by atoms with van der Waals surface area (Å²) in [6.07, 6.45) is 0. The van der Waals surface area contributed by atoms with E-state index in [0.717, 1.165) is 19.6 Å². The number of nitrogens with two attached hydrogens (primary N) is 1. The van der Waals surface area contributed by atoms with E-state index in [1.807, 2.05) is 0 Å². The number of nitrogens with one attached hydrogen (secondary N) is 1. The molecule has 1 radical (unpaired) electrons. The smallest absolute Gasteiger partial charge is 0.236 e. The minimum atomic E-state index is -0.228. The van der Waals surface area contributed by atoms with Crippen LogP contribution >= 0.6 is 0 Å². The summed E-state index contributed by atoms with van der Waals surface area (Å²) in [5, 5.41) is 3.17. The van der Waals surface area contributed by atoms with Gasteiger partial charge < -0.3 is 11.1 Å². The molecule has 1 atom stereocenters. The highest BCUT2D eigenvalue weighted by Gasteiger charge is 2.26. The molecule has 0 aliphatic carbocycles. The highest BCUT2D eigenvalue weighted by atomic mass is 16.1. The fourth-order valence-corrected chi connectivity index (χ4v) is 1.62. The van der Waals surface area contributed by atoms with Gasteiger partial charge in [-0.15, -0.1) is 0 Å². The Bertz CT molecular complexity index is 182. The van der Waals surface area contributed by atoms with Crippen LogP contribution in [0.3, 0.4) is 0 Å². The minimum Gasteiger partial charge on any atom is -0.368 e. The fourth-order valence-electron chi connectivity index (χ4n) is 1.62. The molecule has 1 saturated heterocycles. The van der Waals surface area contributed by atoms with Crippen molar-refractivity contribution in [2.75, 3.05) is 26.2 Å². The van der Waals surface area contributed by atoms with Crippen LogP contribution in [0.25, 0.3) is 0 Å². The Morgan fingerprint density at radius 2 is 2.31 bits per heavy atom. The van der Waals surface area contributed by atoms with Crippen LogP contribution in [0.15, 0.2) is 0 Å². The first-order chi connectivity index (χ1) is 6.11. The summed E-state index contributed by atoms with van der Waals surface area (Å²) in [7, 11) is 0. The van der Waals surface area contributed by atoms with Crippen LogP contribution in [0.4, 0.5) is 0 Å². The standard InChI is InChI=1S/C9H18N3O/c1-7(2)6-12-4-3-11-5-8(12)9(10)13/h8,11H,3-6H2,1-2H3,(H2,10,13). The van der Waals surface area contributed by atoms with E-state index in [4.69, 9.17) is 5.73 Å². The zero-order valence-corrected chi connectivity index (χ0v) is 8.34. The van der Waals surface area contributed by atoms with E-state index in [2.05, 4.69) is 24.1 Å². The quantitative estimate of drug-likeness (QED) is 0.613. The number of carbonyl (C=O) groups is 1. The molecule has 0 saturated carbocycles. The van der Waals surface area contributed by atoms with Gasteiger partial charge in [0.1, 0.15) is 6.04 Å². The molecule has 0 bridgehead atoms. The van der Waals surface area contributed by atoms with Gasteiger partial charge in [0.2, 0.25) is 5.91 Å². The molecule has 1 heterocycles. The van der Waals surface area contributed by atoms with E-state index in [0.29, 0.717) is 6.54 Å². The van der Waals surface area contributed by atoms with E-state index < -0.39 is 0 Å². The van der Waals surface area contributed by atoms with Crippen LogP contribution in [-0.2, 0) is 4.79 Å². The van der Waals surface area contributed by atoms with E-state index in [9.17, 15) is 4.79 Å². The van der Waals surface area contributed by atoms with Crippen molar-refractivity contribution in [2.24, 2.45) is 5.73 Å². The van der Waals surface area contributed by atoms with Gasteiger partial charge in [0.05, 0.1) is 0 Å². The van der Waals surface area contributed by atoms with Gasteiger partial charge in [0, 0.05) is 26.2 Å². The Hall–Kier alpha value is -0.610.